The Balaban J connectivity index is 2.55. The summed E-state index contributed by atoms with van der Waals surface area (Å²) in [6, 6.07) is 9.06. The molecule has 3 nitrogen and oxygen atoms in total. The van der Waals surface area contributed by atoms with E-state index in [1.165, 1.54) is 14.2 Å². The van der Waals surface area contributed by atoms with E-state index in [4.69, 9.17) is 21.1 Å². The molecule has 0 heterocycles. The van der Waals surface area contributed by atoms with Gasteiger partial charge in [-0.15, -0.1) is 0 Å². The van der Waals surface area contributed by atoms with Crippen LogP contribution >= 0.6 is 11.6 Å². The molecule has 0 fully saturated rings. The van der Waals surface area contributed by atoms with Crippen molar-refractivity contribution in [3.05, 3.63) is 57.6 Å². The average molecular weight is 305 g/mol. The van der Waals surface area contributed by atoms with Crippen molar-refractivity contribution < 1.29 is 14.3 Å². The van der Waals surface area contributed by atoms with Gasteiger partial charge in [0.1, 0.15) is 10.8 Å². The van der Waals surface area contributed by atoms with E-state index >= 15 is 0 Å². The molecule has 0 spiro atoms. The van der Waals surface area contributed by atoms with Crippen molar-refractivity contribution in [3.8, 4) is 11.5 Å². The first-order chi connectivity index (χ1) is 9.99. The van der Waals surface area contributed by atoms with Crippen molar-refractivity contribution in [1.82, 2.24) is 0 Å². The molecule has 21 heavy (non-hydrogen) atoms. The lowest BCUT2D eigenvalue weighted by Gasteiger charge is -2.13. The van der Waals surface area contributed by atoms with Crippen molar-refractivity contribution in [2.45, 2.75) is 13.8 Å². The fourth-order valence-corrected chi connectivity index (χ4v) is 2.61. The molecule has 0 amide bonds. The second-order valence-corrected chi connectivity index (χ2v) is 5.19. The third-order valence-corrected chi connectivity index (χ3v) is 3.71. The van der Waals surface area contributed by atoms with Gasteiger partial charge < -0.3 is 9.47 Å². The van der Waals surface area contributed by atoms with Gasteiger partial charge in [0.2, 0.25) is 0 Å². The number of ether oxygens (including phenoxy) is 2. The molecule has 0 aliphatic heterocycles. The van der Waals surface area contributed by atoms with E-state index in [1.54, 1.807) is 12.1 Å². The predicted molar refractivity (Wildman–Crippen MR) is 83.9 cm³/mol. The summed E-state index contributed by atoms with van der Waals surface area (Å²) in [6.07, 6.45) is 0. The molecule has 0 radical (unpaired) electrons. The lowest BCUT2D eigenvalue weighted by atomic mass is 9.97. The summed E-state index contributed by atoms with van der Waals surface area (Å²) in [7, 11) is 3.01. The fraction of sp³-hybridized carbons (Fsp3) is 0.235. The van der Waals surface area contributed by atoms with Crippen LogP contribution in [0.2, 0.25) is 5.02 Å². The summed E-state index contributed by atoms with van der Waals surface area (Å²) in [6.45, 7) is 3.91. The molecular formula is C17H17ClO3. The van der Waals surface area contributed by atoms with Gasteiger partial charge in [0, 0.05) is 5.56 Å². The maximum atomic E-state index is 12.7. The molecule has 0 N–H and O–H groups in total. The summed E-state index contributed by atoms with van der Waals surface area (Å²) >= 11 is 6.21. The van der Waals surface area contributed by atoms with Crippen molar-refractivity contribution >= 4 is 17.4 Å². The van der Waals surface area contributed by atoms with Crippen molar-refractivity contribution in [2.24, 2.45) is 0 Å². The van der Waals surface area contributed by atoms with Gasteiger partial charge in [-0.2, -0.15) is 0 Å². The summed E-state index contributed by atoms with van der Waals surface area (Å²) < 4.78 is 10.4. The Kier molecular flexibility index (Phi) is 4.53. The van der Waals surface area contributed by atoms with Gasteiger partial charge in [-0.25, -0.2) is 0 Å². The van der Waals surface area contributed by atoms with Gasteiger partial charge in [-0.05, 0) is 31.5 Å². The Morgan fingerprint density at radius 3 is 2.24 bits per heavy atom. The first-order valence-corrected chi connectivity index (χ1v) is 6.89. The van der Waals surface area contributed by atoms with E-state index in [-0.39, 0.29) is 5.78 Å². The predicted octanol–water partition coefficient (Wildman–Crippen LogP) is 4.21. The van der Waals surface area contributed by atoms with E-state index in [0.717, 1.165) is 11.1 Å². The summed E-state index contributed by atoms with van der Waals surface area (Å²) in [5.41, 5.74) is 3.10. The number of halogens is 1. The molecule has 0 saturated heterocycles. The van der Waals surface area contributed by atoms with Gasteiger partial charge in [0.05, 0.1) is 19.8 Å². The standard InChI is InChI=1S/C17H17ClO3/c1-10-5-6-12(11(2)9-10)16(19)13-7-8-14(20-3)15(18)17(13)21-4/h5-9H,1-4H3. The van der Waals surface area contributed by atoms with Gasteiger partial charge in [0.25, 0.3) is 0 Å². The zero-order chi connectivity index (χ0) is 15.6. The van der Waals surface area contributed by atoms with Crippen LogP contribution in [-0.4, -0.2) is 20.0 Å². The Labute approximate surface area is 129 Å². The lowest BCUT2D eigenvalue weighted by molar-refractivity contribution is 0.103. The smallest absolute Gasteiger partial charge is 0.197 e. The molecule has 110 valence electrons. The summed E-state index contributed by atoms with van der Waals surface area (Å²) in [5, 5.41) is 0.301. The number of benzene rings is 2. The maximum Gasteiger partial charge on any atom is 0.197 e. The molecule has 2 aromatic rings. The summed E-state index contributed by atoms with van der Waals surface area (Å²) in [5.74, 6) is 0.695. The normalized spacial score (nSPS) is 10.3. The van der Waals surface area contributed by atoms with Gasteiger partial charge in [0.15, 0.2) is 11.5 Å². The van der Waals surface area contributed by atoms with Crippen LogP contribution in [0.15, 0.2) is 30.3 Å². The first-order valence-electron chi connectivity index (χ1n) is 6.52. The number of carbonyl (C=O) groups excluding carboxylic acids is 1. The molecule has 0 bridgehead atoms. The SMILES string of the molecule is COc1ccc(C(=O)c2ccc(C)cc2C)c(OC)c1Cl. The third kappa shape index (κ3) is 2.88. The number of ketones is 1. The number of hydrogen-bond donors (Lipinski definition) is 0. The van der Waals surface area contributed by atoms with E-state index < -0.39 is 0 Å². The van der Waals surface area contributed by atoms with E-state index in [9.17, 15) is 4.79 Å². The van der Waals surface area contributed by atoms with Crippen LogP contribution in [0.5, 0.6) is 11.5 Å². The lowest BCUT2D eigenvalue weighted by Crippen LogP contribution is -2.07. The highest BCUT2D eigenvalue weighted by atomic mass is 35.5. The largest absolute Gasteiger partial charge is 0.495 e. The Bertz CT molecular complexity index is 693. The minimum absolute atomic E-state index is 0.117. The highest BCUT2D eigenvalue weighted by molar-refractivity contribution is 6.34. The molecule has 0 aromatic heterocycles. The quantitative estimate of drug-likeness (QED) is 0.794. The maximum absolute atomic E-state index is 12.7. The highest BCUT2D eigenvalue weighted by Gasteiger charge is 2.20. The summed E-state index contributed by atoms with van der Waals surface area (Å²) in [4.78, 5) is 12.7. The molecule has 4 heteroatoms. The van der Waals surface area contributed by atoms with Crippen LogP contribution in [0.25, 0.3) is 0 Å². The number of methoxy groups -OCH3 is 2. The number of hydrogen-bond acceptors (Lipinski definition) is 3. The molecule has 2 rings (SSSR count). The minimum Gasteiger partial charge on any atom is -0.495 e. The van der Waals surface area contributed by atoms with Crippen LogP contribution in [0.4, 0.5) is 0 Å². The van der Waals surface area contributed by atoms with E-state index in [0.29, 0.717) is 27.6 Å². The van der Waals surface area contributed by atoms with Gasteiger partial charge >= 0.3 is 0 Å². The van der Waals surface area contributed by atoms with Crippen LogP contribution in [-0.2, 0) is 0 Å². The first kappa shape index (κ1) is 15.4. The van der Waals surface area contributed by atoms with E-state index in [1.807, 2.05) is 32.0 Å². The molecule has 2 aromatic carbocycles. The minimum atomic E-state index is -0.117. The second kappa shape index (κ2) is 6.19. The average Bonchev–Trinajstić information content (AvgIpc) is 2.46. The van der Waals surface area contributed by atoms with Crippen LogP contribution in [0, 0.1) is 13.8 Å². The van der Waals surface area contributed by atoms with Crippen molar-refractivity contribution in [3.63, 3.8) is 0 Å². The van der Waals surface area contributed by atoms with E-state index in [2.05, 4.69) is 0 Å². The molecule has 0 aliphatic carbocycles. The zero-order valence-electron chi connectivity index (χ0n) is 12.5. The molecular weight excluding hydrogens is 288 g/mol. The molecule has 0 unspecified atom stereocenters. The van der Waals surface area contributed by atoms with Gasteiger partial charge in [-0.3, -0.25) is 4.79 Å². The van der Waals surface area contributed by atoms with Crippen molar-refractivity contribution in [2.75, 3.05) is 14.2 Å². The number of aryl methyl sites for hydroxylation is 2. The molecule has 0 aliphatic rings. The molecule has 0 atom stereocenters. The fourth-order valence-electron chi connectivity index (χ4n) is 2.29. The second-order valence-electron chi connectivity index (χ2n) is 4.81. The number of carbonyl (C=O) groups is 1. The highest BCUT2D eigenvalue weighted by Crippen LogP contribution is 2.37. The van der Waals surface area contributed by atoms with Crippen molar-refractivity contribution in [1.29, 1.82) is 0 Å². The Hall–Kier alpha value is -2.00. The van der Waals surface area contributed by atoms with Gasteiger partial charge in [-0.1, -0.05) is 35.4 Å². The van der Waals surface area contributed by atoms with Crippen LogP contribution in [0.1, 0.15) is 27.0 Å². The zero-order valence-corrected chi connectivity index (χ0v) is 13.2. The van der Waals surface area contributed by atoms with Crippen LogP contribution in [0.3, 0.4) is 0 Å². The van der Waals surface area contributed by atoms with Crippen LogP contribution < -0.4 is 9.47 Å². The topological polar surface area (TPSA) is 35.5 Å². The Morgan fingerprint density at radius 2 is 1.67 bits per heavy atom. The Morgan fingerprint density at radius 1 is 1.00 bits per heavy atom. The number of rotatable bonds is 4. The molecule has 0 saturated carbocycles. The monoisotopic (exact) mass is 304 g/mol. The third-order valence-electron chi connectivity index (χ3n) is 3.36.